The Morgan fingerprint density at radius 2 is 2.05 bits per heavy atom. The number of nitrogens with zero attached hydrogens (tertiary/aromatic N) is 1. The largest absolute Gasteiger partial charge is 0.486 e. The summed E-state index contributed by atoms with van der Waals surface area (Å²) >= 11 is 1.17. The molecule has 19 heavy (non-hydrogen) atoms. The van der Waals surface area contributed by atoms with Crippen molar-refractivity contribution >= 4 is 17.3 Å². The number of benzene rings is 1. The van der Waals surface area contributed by atoms with Gasteiger partial charge in [-0.15, -0.1) is 11.3 Å². The second-order valence-corrected chi connectivity index (χ2v) is 5.28. The number of aromatic nitrogens is 1. The fourth-order valence-electron chi connectivity index (χ4n) is 1.96. The van der Waals surface area contributed by atoms with Crippen LogP contribution in [-0.2, 0) is 0 Å². The fourth-order valence-corrected chi connectivity index (χ4v) is 2.74. The smallest absolute Gasteiger partial charge is 0.348 e. The van der Waals surface area contributed by atoms with E-state index >= 15 is 0 Å². The van der Waals surface area contributed by atoms with Crippen molar-refractivity contribution in [1.29, 1.82) is 0 Å². The number of ether oxygens (including phenoxy) is 2. The second-order valence-electron chi connectivity index (χ2n) is 4.07. The molecule has 2 aromatic rings. The van der Waals surface area contributed by atoms with Gasteiger partial charge in [0.05, 0.1) is 10.7 Å². The minimum absolute atomic E-state index is 0.245. The number of hydrogen-bond donors (Lipinski definition) is 1. The molecule has 6 heteroatoms. The highest BCUT2D eigenvalue weighted by Gasteiger charge is 2.19. The Bertz CT molecular complexity index is 650. The van der Waals surface area contributed by atoms with Crippen LogP contribution in [0.5, 0.6) is 11.5 Å². The Balaban J connectivity index is 2.09. The SMILES string of the molecule is Cc1nc(-c2ccc3c(c2)OCCO3)c(C(=O)O)s1. The molecule has 1 aromatic carbocycles. The van der Waals surface area contributed by atoms with Crippen LogP contribution in [0.3, 0.4) is 0 Å². The molecule has 0 radical (unpaired) electrons. The second kappa shape index (κ2) is 4.55. The Labute approximate surface area is 113 Å². The number of carboxylic acids is 1. The number of carboxylic acid groups (broad SMARTS) is 1. The summed E-state index contributed by atoms with van der Waals surface area (Å²) in [5, 5.41) is 9.92. The lowest BCUT2D eigenvalue weighted by molar-refractivity contribution is 0.0702. The Hall–Kier alpha value is -2.08. The van der Waals surface area contributed by atoms with Gasteiger partial charge in [-0.05, 0) is 25.1 Å². The number of rotatable bonds is 2. The Morgan fingerprint density at radius 3 is 2.79 bits per heavy atom. The van der Waals surface area contributed by atoms with Gasteiger partial charge < -0.3 is 14.6 Å². The average Bonchev–Trinajstić information content (AvgIpc) is 2.80. The molecule has 1 aromatic heterocycles. The Morgan fingerprint density at radius 1 is 1.32 bits per heavy atom. The molecule has 0 aliphatic carbocycles. The number of fused-ring (bicyclic) bond motifs is 1. The van der Waals surface area contributed by atoms with Crippen molar-refractivity contribution in [3.05, 3.63) is 28.1 Å². The summed E-state index contributed by atoms with van der Waals surface area (Å²) < 4.78 is 10.9. The summed E-state index contributed by atoms with van der Waals surface area (Å²) in [7, 11) is 0. The summed E-state index contributed by atoms with van der Waals surface area (Å²) in [5.74, 6) is 0.347. The standard InChI is InChI=1S/C13H11NO4S/c1-7-14-11(12(19-7)13(15)16)8-2-3-9-10(6-8)18-5-4-17-9/h2-3,6H,4-5H2,1H3,(H,15,16). The first-order chi connectivity index (χ1) is 9.15. The molecule has 0 saturated carbocycles. The average molecular weight is 277 g/mol. The van der Waals surface area contributed by atoms with Gasteiger partial charge in [-0.3, -0.25) is 0 Å². The van der Waals surface area contributed by atoms with Crippen molar-refractivity contribution in [1.82, 2.24) is 4.98 Å². The van der Waals surface area contributed by atoms with Gasteiger partial charge in [-0.2, -0.15) is 0 Å². The van der Waals surface area contributed by atoms with Crippen LogP contribution in [0.1, 0.15) is 14.7 Å². The van der Waals surface area contributed by atoms with Gasteiger partial charge in [-0.25, -0.2) is 9.78 Å². The third-order valence-corrected chi connectivity index (χ3v) is 3.70. The molecular weight excluding hydrogens is 266 g/mol. The molecule has 1 N–H and O–H groups in total. The fraction of sp³-hybridized carbons (Fsp3) is 0.231. The quantitative estimate of drug-likeness (QED) is 0.913. The lowest BCUT2D eigenvalue weighted by Crippen LogP contribution is -2.15. The molecule has 0 atom stereocenters. The van der Waals surface area contributed by atoms with E-state index in [1.54, 1.807) is 25.1 Å². The maximum Gasteiger partial charge on any atom is 0.348 e. The molecule has 0 bridgehead atoms. The van der Waals surface area contributed by atoms with E-state index in [0.717, 1.165) is 10.6 Å². The monoisotopic (exact) mass is 277 g/mol. The van der Waals surface area contributed by atoms with Crippen LogP contribution < -0.4 is 9.47 Å². The summed E-state index contributed by atoms with van der Waals surface area (Å²) in [6.45, 7) is 2.82. The van der Waals surface area contributed by atoms with Gasteiger partial charge in [0.15, 0.2) is 11.5 Å². The molecule has 3 rings (SSSR count). The van der Waals surface area contributed by atoms with Crippen molar-refractivity contribution in [3.63, 3.8) is 0 Å². The predicted molar refractivity (Wildman–Crippen MR) is 70.2 cm³/mol. The van der Waals surface area contributed by atoms with Crippen LogP contribution in [-0.4, -0.2) is 29.3 Å². The highest BCUT2D eigenvalue weighted by Crippen LogP contribution is 2.36. The summed E-state index contributed by atoms with van der Waals surface area (Å²) in [6, 6.07) is 5.36. The van der Waals surface area contributed by atoms with Crippen LogP contribution in [0.25, 0.3) is 11.3 Å². The predicted octanol–water partition coefficient (Wildman–Crippen LogP) is 2.59. The molecule has 5 nitrogen and oxygen atoms in total. The van der Waals surface area contributed by atoms with Gasteiger partial charge in [0.1, 0.15) is 18.1 Å². The molecule has 98 valence electrons. The number of aromatic carboxylic acids is 1. The van der Waals surface area contributed by atoms with Gasteiger partial charge in [0.2, 0.25) is 0 Å². The number of aryl methyl sites for hydroxylation is 1. The minimum atomic E-state index is -0.963. The zero-order valence-corrected chi connectivity index (χ0v) is 11.0. The molecular formula is C13H11NO4S. The summed E-state index contributed by atoms with van der Waals surface area (Å²) in [5.41, 5.74) is 1.21. The van der Waals surface area contributed by atoms with Crippen LogP contribution in [0.15, 0.2) is 18.2 Å². The van der Waals surface area contributed by atoms with Crippen LogP contribution >= 0.6 is 11.3 Å². The highest BCUT2D eigenvalue weighted by atomic mass is 32.1. The Kier molecular flexibility index (Phi) is 2.87. The van der Waals surface area contributed by atoms with E-state index in [2.05, 4.69) is 4.98 Å². The third-order valence-electron chi connectivity index (χ3n) is 2.74. The zero-order valence-electron chi connectivity index (χ0n) is 10.2. The molecule has 1 aliphatic rings. The van der Waals surface area contributed by atoms with Gasteiger partial charge in [-0.1, -0.05) is 0 Å². The van der Waals surface area contributed by atoms with Gasteiger partial charge >= 0.3 is 5.97 Å². The van der Waals surface area contributed by atoms with E-state index < -0.39 is 5.97 Å². The van der Waals surface area contributed by atoms with Gasteiger partial charge in [0, 0.05) is 5.56 Å². The summed E-state index contributed by atoms with van der Waals surface area (Å²) in [4.78, 5) is 15.7. The van der Waals surface area contributed by atoms with Crippen molar-refractivity contribution in [2.45, 2.75) is 6.92 Å². The first-order valence-electron chi connectivity index (χ1n) is 5.76. The summed E-state index contributed by atoms with van der Waals surface area (Å²) in [6.07, 6.45) is 0. The maximum absolute atomic E-state index is 11.2. The first kappa shape index (κ1) is 12.0. The van der Waals surface area contributed by atoms with Crippen molar-refractivity contribution in [2.75, 3.05) is 13.2 Å². The molecule has 0 spiro atoms. The highest BCUT2D eigenvalue weighted by molar-refractivity contribution is 7.14. The number of hydrogen-bond acceptors (Lipinski definition) is 5. The van der Waals surface area contributed by atoms with E-state index in [0.29, 0.717) is 30.4 Å². The lowest BCUT2D eigenvalue weighted by atomic mass is 10.1. The van der Waals surface area contributed by atoms with Crippen molar-refractivity contribution in [2.24, 2.45) is 0 Å². The topological polar surface area (TPSA) is 68.7 Å². The van der Waals surface area contributed by atoms with E-state index in [9.17, 15) is 9.90 Å². The van der Waals surface area contributed by atoms with Gasteiger partial charge in [0.25, 0.3) is 0 Å². The lowest BCUT2D eigenvalue weighted by Gasteiger charge is -2.18. The van der Waals surface area contributed by atoms with Crippen LogP contribution in [0.4, 0.5) is 0 Å². The molecule has 1 aliphatic heterocycles. The molecule has 2 heterocycles. The van der Waals surface area contributed by atoms with Crippen molar-refractivity contribution < 1.29 is 19.4 Å². The zero-order chi connectivity index (χ0) is 13.4. The number of thiazole rings is 1. The molecule has 0 unspecified atom stereocenters. The first-order valence-corrected chi connectivity index (χ1v) is 6.57. The van der Waals surface area contributed by atoms with Crippen LogP contribution in [0, 0.1) is 6.92 Å². The third kappa shape index (κ3) is 2.15. The van der Waals surface area contributed by atoms with E-state index in [-0.39, 0.29) is 4.88 Å². The van der Waals surface area contributed by atoms with E-state index in [4.69, 9.17) is 9.47 Å². The van der Waals surface area contributed by atoms with E-state index in [1.807, 2.05) is 0 Å². The number of carbonyl (C=O) groups is 1. The van der Waals surface area contributed by atoms with Crippen molar-refractivity contribution in [3.8, 4) is 22.8 Å². The van der Waals surface area contributed by atoms with E-state index in [1.165, 1.54) is 11.3 Å². The normalized spacial score (nSPS) is 13.3. The molecule has 0 saturated heterocycles. The van der Waals surface area contributed by atoms with Crippen LogP contribution in [0.2, 0.25) is 0 Å². The molecule has 0 fully saturated rings. The maximum atomic E-state index is 11.2. The molecule has 0 amide bonds. The minimum Gasteiger partial charge on any atom is -0.486 e.